The number of aromatic hydroxyl groups is 2. The highest BCUT2D eigenvalue weighted by molar-refractivity contribution is 7.89. The van der Waals surface area contributed by atoms with Crippen LogP contribution < -0.4 is 4.83 Å². The van der Waals surface area contributed by atoms with E-state index in [0.717, 1.165) is 5.56 Å². The van der Waals surface area contributed by atoms with Gasteiger partial charge in [0.15, 0.2) is 0 Å². The molecule has 122 valence electrons. The van der Waals surface area contributed by atoms with Crippen molar-refractivity contribution in [3.8, 4) is 11.5 Å². The van der Waals surface area contributed by atoms with Crippen LogP contribution in [0.1, 0.15) is 23.6 Å². The molecule has 0 heterocycles. The van der Waals surface area contributed by atoms with Crippen LogP contribution in [-0.2, 0) is 10.0 Å². The molecule has 0 amide bonds. The lowest BCUT2D eigenvalue weighted by Crippen LogP contribution is -2.21. The Bertz CT molecular complexity index is 874. The minimum atomic E-state index is -3.82. The second-order valence-electron chi connectivity index (χ2n) is 5.26. The fraction of sp³-hybridized carbons (Fsp3) is 0.188. The van der Waals surface area contributed by atoms with Crippen LogP contribution in [0.2, 0.25) is 0 Å². The van der Waals surface area contributed by atoms with Crippen molar-refractivity contribution in [2.24, 2.45) is 5.10 Å². The lowest BCUT2D eigenvalue weighted by Gasteiger charge is -2.09. The summed E-state index contributed by atoms with van der Waals surface area (Å²) in [5.74, 6) is -0.153. The Morgan fingerprint density at radius 3 is 2.48 bits per heavy atom. The van der Waals surface area contributed by atoms with Gasteiger partial charge < -0.3 is 10.2 Å². The third-order valence-corrected chi connectivity index (χ3v) is 4.69. The van der Waals surface area contributed by atoms with E-state index in [4.69, 9.17) is 0 Å². The number of phenols is 2. The highest BCUT2D eigenvalue weighted by Gasteiger charge is 2.16. The van der Waals surface area contributed by atoms with E-state index in [9.17, 15) is 18.6 Å². The highest BCUT2D eigenvalue weighted by Crippen LogP contribution is 2.23. The third-order valence-electron chi connectivity index (χ3n) is 3.34. The molecule has 0 atom stereocenters. The number of nitrogens with zero attached hydrogens (tertiary/aromatic N) is 1. The third kappa shape index (κ3) is 3.81. The summed E-state index contributed by atoms with van der Waals surface area (Å²) in [6.45, 7) is 5.03. The van der Waals surface area contributed by atoms with Gasteiger partial charge in [0.2, 0.25) is 0 Å². The first-order valence-corrected chi connectivity index (χ1v) is 8.35. The molecule has 2 aromatic carbocycles. The van der Waals surface area contributed by atoms with Crippen molar-refractivity contribution in [1.29, 1.82) is 0 Å². The van der Waals surface area contributed by atoms with Crippen molar-refractivity contribution < 1.29 is 18.6 Å². The standard InChI is InChI=1S/C16H18N2O4S/c1-10-4-5-11(2)16(8-10)23(21,22)18-17-12(3)14-9-13(19)6-7-15(14)20/h4-9,18-20H,1-3H3/b17-12+. The Balaban J connectivity index is 2.34. The zero-order valence-corrected chi connectivity index (χ0v) is 13.8. The maximum atomic E-state index is 12.4. The van der Waals surface area contributed by atoms with Gasteiger partial charge in [0.1, 0.15) is 11.5 Å². The molecule has 2 rings (SSSR count). The minimum absolute atomic E-state index is 0.0512. The Hall–Kier alpha value is -2.54. The minimum Gasteiger partial charge on any atom is -0.508 e. The van der Waals surface area contributed by atoms with E-state index in [-0.39, 0.29) is 27.7 Å². The van der Waals surface area contributed by atoms with Crippen LogP contribution in [0.5, 0.6) is 11.5 Å². The summed E-state index contributed by atoms with van der Waals surface area (Å²) >= 11 is 0. The average Bonchev–Trinajstić information content (AvgIpc) is 2.49. The van der Waals surface area contributed by atoms with Gasteiger partial charge in [0.25, 0.3) is 10.0 Å². The number of hydrogen-bond donors (Lipinski definition) is 3. The summed E-state index contributed by atoms with van der Waals surface area (Å²) in [5, 5.41) is 23.0. The van der Waals surface area contributed by atoms with Crippen LogP contribution >= 0.6 is 0 Å². The molecule has 0 radical (unpaired) electrons. The normalized spacial score (nSPS) is 12.2. The molecule has 3 N–H and O–H groups in total. The number of sulfonamides is 1. The number of hydrazone groups is 1. The van der Waals surface area contributed by atoms with Gasteiger partial charge >= 0.3 is 0 Å². The highest BCUT2D eigenvalue weighted by atomic mass is 32.2. The van der Waals surface area contributed by atoms with Gasteiger partial charge in [-0.15, -0.1) is 0 Å². The van der Waals surface area contributed by atoms with Crippen molar-refractivity contribution in [1.82, 2.24) is 4.83 Å². The number of benzene rings is 2. The summed E-state index contributed by atoms with van der Waals surface area (Å²) in [5.41, 5.74) is 1.90. The Labute approximate surface area is 135 Å². The monoisotopic (exact) mass is 334 g/mol. The fourth-order valence-electron chi connectivity index (χ4n) is 2.05. The molecule has 6 nitrogen and oxygen atoms in total. The second kappa shape index (κ2) is 6.29. The van der Waals surface area contributed by atoms with Gasteiger partial charge in [-0.3, -0.25) is 0 Å². The largest absolute Gasteiger partial charge is 0.508 e. The molecule has 0 aliphatic rings. The maximum absolute atomic E-state index is 12.4. The van der Waals surface area contributed by atoms with Crippen molar-refractivity contribution in [2.45, 2.75) is 25.7 Å². The SMILES string of the molecule is C/C(=N\NS(=O)(=O)c1cc(C)ccc1C)c1cc(O)ccc1O. The van der Waals surface area contributed by atoms with Gasteiger partial charge in [-0.2, -0.15) is 18.4 Å². The smallest absolute Gasteiger partial charge is 0.276 e. The second-order valence-corrected chi connectivity index (χ2v) is 6.89. The predicted molar refractivity (Wildman–Crippen MR) is 88.2 cm³/mol. The molecule has 7 heteroatoms. The fourth-order valence-corrected chi connectivity index (χ4v) is 3.24. The van der Waals surface area contributed by atoms with Crippen LogP contribution in [0.15, 0.2) is 46.4 Å². The zero-order valence-electron chi connectivity index (χ0n) is 13.0. The molecule has 2 aromatic rings. The summed E-state index contributed by atoms with van der Waals surface area (Å²) in [4.78, 5) is 2.30. The van der Waals surface area contributed by atoms with Gasteiger partial charge in [0.05, 0.1) is 10.6 Å². The van der Waals surface area contributed by atoms with Gasteiger partial charge in [-0.05, 0) is 56.2 Å². The number of phenolic OH excluding ortho intramolecular Hbond substituents is 2. The number of rotatable bonds is 4. The first kappa shape index (κ1) is 16.8. The molecule has 0 aliphatic heterocycles. The van der Waals surface area contributed by atoms with Crippen molar-refractivity contribution >= 4 is 15.7 Å². The molecule has 0 saturated heterocycles. The Morgan fingerprint density at radius 1 is 1.09 bits per heavy atom. The van der Waals surface area contributed by atoms with E-state index in [0.29, 0.717) is 5.56 Å². The first-order chi connectivity index (χ1) is 10.7. The predicted octanol–water partition coefficient (Wildman–Crippen LogP) is 2.42. The van der Waals surface area contributed by atoms with Gasteiger partial charge in [-0.25, -0.2) is 0 Å². The van der Waals surface area contributed by atoms with Gasteiger partial charge in [-0.1, -0.05) is 12.1 Å². The summed E-state index contributed by atoms with van der Waals surface area (Å²) in [7, 11) is -3.82. The zero-order chi connectivity index (χ0) is 17.2. The van der Waals surface area contributed by atoms with Crippen LogP contribution in [0.3, 0.4) is 0 Å². The van der Waals surface area contributed by atoms with E-state index < -0.39 is 10.0 Å². The Kier molecular flexibility index (Phi) is 4.60. The maximum Gasteiger partial charge on any atom is 0.276 e. The first-order valence-electron chi connectivity index (χ1n) is 6.86. The van der Waals surface area contributed by atoms with Crippen LogP contribution in [0.25, 0.3) is 0 Å². The molecular formula is C16H18N2O4S. The lowest BCUT2D eigenvalue weighted by molar-refractivity contribution is 0.459. The summed E-state index contributed by atoms with van der Waals surface area (Å²) in [6.07, 6.45) is 0. The van der Waals surface area contributed by atoms with Gasteiger partial charge in [0, 0.05) is 5.56 Å². The molecule has 23 heavy (non-hydrogen) atoms. The topological polar surface area (TPSA) is 99.0 Å². The van der Waals surface area contributed by atoms with E-state index in [1.54, 1.807) is 26.0 Å². The summed E-state index contributed by atoms with van der Waals surface area (Å²) < 4.78 is 24.7. The molecule has 0 fully saturated rings. The molecule has 0 saturated carbocycles. The molecule has 0 aliphatic carbocycles. The van der Waals surface area contributed by atoms with Crippen LogP contribution in [0.4, 0.5) is 0 Å². The van der Waals surface area contributed by atoms with Crippen molar-refractivity contribution in [3.05, 3.63) is 53.1 Å². The van der Waals surface area contributed by atoms with Crippen molar-refractivity contribution in [2.75, 3.05) is 0 Å². The van der Waals surface area contributed by atoms with Crippen LogP contribution in [0, 0.1) is 13.8 Å². The average molecular weight is 334 g/mol. The van der Waals surface area contributed by atoms with E-state index in [1.165, 1.54) is 25.1 Å². The molecule has 0 spiro atoms. The van der Waals surface area contributed by atoms with E-state index >= 15 is 0 Å². The molecule has 0 unspecified atom stereocenters. The summed E-state index contributed by atoms with van der Waals surface area (Å²) in [6, 6.07) is 9.05. The lowest BCUT2D eigenvalue weighted by atomic mass is 10.1. The molecule has 0 aromatic heterocycles. The molecular weight excluding hydrogens is 316 g/mol. The Morgan fingerprint density at radius 2 is 1.78 bits per heavy atom. The number of nitrogens with one attached hydrogen (secondary N) is 1. The van der Waals surface area contributed by atoms with Crippen molar-refractivity contribution in [3.63, 3.8) is 0 Å². The van der Waals surface area contributed by atoms with E-state index in [2.05, 4.69) is 9.93 Å². The number of hydrogen-bond acceptors (Lipinski definition) is 5. The number of aryl methyl sites for hydroxylation is 2. The quantitative estimate of drug-likeness (QED) is 0.454. The van der Waals surface area contributed by atoms with Crippen LogP contribution in [-0.4, -0.2) is 24.3 Å². The molecule has 0 bridgehead atoms. The van der Waals surface area contributed by atoms with E-state index in [1.807, 2.05) is 6.07 Å².